The van der Waals surface area contributed by atoms with Gasteiger partial charge in [0.25, 0.3) is 0 Å². The molecule has 4 atom stereocenters. The maximum absolute atomic E-state index is 13.5. The van der Waals surface area contributed by atoms with Crippen LogP contribution in [0, 0.1) is 5.92 Å². The minimum Gasteiger partial charge on any atom is -0.508 e. The van der Waals surface area contributed by atoms with Crippen LogP contribution in [0.4, 0.5) is 0 Å². The number of nitrogens with one attached hydrogen (secondary N) is 2. The SMILES string of the molecule is CCCCOc1cccc(C2C3C(NNC3c3ccccc3O)C(=O)N2CCCOC(C)C)c1. The first kappa shape index (κ1) is 24.5. The van der Waals surface area contributed by atoms with Gasteiger partial charge in [0.1, 0.15) is 17.5 Å². The van der Waals surface area contributed by atoms with E-state index in [9.17, 15) is 9.90 Å². The summed E-state index contributed by atoms with van der Waals surface area (Å²) >= 11 is 0. The molecule has 0 aromatic heterocycles. The van der Waals surface area contributed by atoms with Gasteiger partial charge in [-0.2, -0.15) is 0 Å². The third-order valence-corrected chi connectivity index (χ3v) is 6.65. The van der Waals surface area contributed by atoms with Crippen molar-refractivity contribution >= 4 is 5.91 Å². The maximum atomic E-state index is 13.5. The number of fused-ring (bicyclic) bond motifs is 1. The van der Waals surface area contributed by atoms with Crippen molar-refractivity contribution < 1.29 is 19.4 Å². The Kier molecular flexibility index (Phi) is 8.08. The van der Waals surface area contributed by atoms with Gasteiger partial charge in [-0.3, -0.25) is 4.79 Å². The van der Waals surface area contributed by atoms with Crippen molar-refractivity contribution in [1.29, 1.82) is 0 Å². The molecular weight excluding hydrogens is 430 g/mol. The van der Waals surface area contributed by atoms with E-state index in [4.69, 9.17) is 9.47 Å². The number of hydrazine groups is 1. The van der Waals surface area contributed by atoms with Crippen molar-refractivity contribution in [2.45, 2.75) is 64.3 Å². The van der Waals surface area contributed by atoms with Crippen LogP contribution in [0.2, 0.25) is 0 Å². The van der Waals surface area contributed by atoms with Crippen LogP contribution in [-0.4, -0.2) is 47.8 Å². The Morgan fingerprint density at radius 3 is 2.59 bits per heavy atom. The fraction of sp³-hybridized carbons (Fsp3) is 0.519. The molecule has 34 heavy (non-hydrogen) atoms. The number of ether oxygens (including phenoxy) is 2. The summed E-state index contributed by atoms with van der Waals surface area (Å²) in [6, 6.07) is 14.7. The van der Waals surface area contributed by atoms with E-state index in [0.29, 0.717) is 19.8 Å². The molecule has 2 aromatic carbocycles. The third kappa shape index (κ3) is 5.22. The molecule has 2 fully saturated rings. The van der Waals surface area contributed by atoms with Crippen LogP contribution in [0.5, 0.6) is 11.5 Å². The van der Waals surface area contributed by atoms with E-state index in [2.05, 4.69) is 29.9 Å². The molecule has 4 rings (SSSR count). The summed E-state index contributed by atoms with van der Waals surface area (Å²) in [5.41, 5.74) is 8.35. The molecule has 7 heteroatoms. The lowest BCUT2D eigenvalue weighted by molar-refractivity contribution is -0.131. The Balaban J connectivity index is 1.64. The van der Waals surface area contributed by atoms with E-state index in [1.165, 1.54) is 0 Å². The average Bonchev–Trinajstić information content (AvgIpc) is 3.36. The number of phenols is 1. The highest BCUT2D eigenvalue weighted by Gasteiger charge is 2.55. The van der Waals surface area contributed by atoms with Crippen LogP contribution in [0.3, 0.4) is 0 Å². The van der Waals surface area contributed by atoms with E-state index in [0.717, 1.165) is 36.1 Å². The Labute approximate surface area is 202 Å². The minimum atomic E-state index is -0.370. The third-order valence-electron chi connectivity index (χ3n) is 6.65. The molecule has 1 amide bonds. The molecule has 0 radical (unpaired) electrons. The van der Waals surface area contributed by atoms with Crippen molar-refractivity contribution in [3.8, 4) is 11.5 Å². The second-order valence-corrected chi connectivity index (χ2v) is 9.40. The van der Waals surface area contributed by atoms with Crippen molar-refractivity contribution in [3.63, 3.8) is 0 Å². The number of phenolic OH excluding ortho intramolecular Hbond substituents is 1. The lowest BCUT2D eigenvalue weighted by Crippen LogP contribution is -2.41. The van der Waals surface area contributed by atoms with Gasteiger partial charge in [-0.25, -0.2) is 10.9 Å². The number of hydrogen-bond donors (Lipinski definition) is 3. The maximum Gasteiger partial charge on any atom is 0.242 e. The van der Waals surface area contributed by atoms with Gasteiger partial charge in [-0.05, 0) is 50.5 Å². The summed E-state index contributed by atoms with van der Waals surface area (Å²) in [7, 11) is 0. The molecule has 0 spiro atoms. The number of benzene rings is 2. The standard InChI is InChI=1S/C27H37N3O4/c1-4-5-15-34-20-11-8-10-19(17-20)26-23-24(21-12-6-7-13-22(21)31)28-29-25(23)27(32)30(26)14-9-16-33-18(2)3/h6-8,10-13,17-18,23-26,28-29,31H,4-5,9,14-16H2,1-3H3. The molecule has 0 saturated carbocycles. The first-order valence-corrected chi connectivity index (χ1v) is 12.4. The predicted molar refractivity (Wildman–Crippen MR) is 131 cm³/mol. The zero-order valence-electron chi connectivity index (χ0n) is 20.4. The van der Waals surface area contributed by atoms with E-state index in [1.54, 1.807) is 6.07 Å². The van der Waals surface area contributed by atoms with Crippen LogP contribution < -0.4 is 15.6 Å². The first-order chi connectivity index (χ1) is 16.5. The molecule has 2 aliphatic heterocycles. The number of amides is 1. The van der Waals surface area contributed by atoms with Gasteiger partial charge in [-0.1, -0.05) is 43.7 Å². The molecule has 0 bridgehead atoms. The van der Waals surface area contributed by atoms with Crippen LogP contribution >= 0.6 is 0 Å². The second-order valence-electron chi connectivity index (χ2n) is 9.40. The van der Waals surface area contributed by atoms with E-state index < -0.39 is 0 Å². The number of likely N-dealkylation sites (tertiary alicyclic amines) is 1. The predicted octanol–water partition coefficient (Wildman–Crippen LogP) is 4.10. The molecule has 184 valence electrons. The molecule has 2 heterocycles. The molecule has 2 aliphatic rings. The van der Waals surface area contributed by atoms with Crippen molar-refractivity contribution in [2.24, 2.45) is 5.92 Å². The number of aromatic hydroxyl groups is 1. The molecule has 7 nitrogen and oxygen atoms in total. The molecule has 3 N–H and O–H groups in total. The summed E-state index contributed by atoms with van der Waals surface area (Å²) in [6.07, 6.45) is 3.01. The number of carbonyl (C=O) groups excluding carboxylic acids is 1. The number of nitrogens with zero attached hydrogens (tertiary/aromatic N) is 1. The van der Waals surface area contributed by atoms with Gasteiger partial charge in [0.2, 0.25) is 5.91 Å². The Hall–Kier alpha value is -2.61. The molecule has 2 aromatic rings. The van der Waals surface area contributed by atoms with E-state index >= 15 is 0 Å². The van der Waals surface area contributed by atoms with Gasteiger partial charge in [0.15, 0.2) is 0 Å². The van der Waals surface area contributed by atoms with Gasteiger partial charge in [0.05, 0.1) is 24.8 Å². The Morgan fingerprint density at radius 2 is 1.82 bits per heavy atom. The van der Waals surface area contributed by atoms with Crippen molar-refractivity contribution in [2.75, 3.05) is 19.8 Å². The highest BCUT2D eigenvalue weighted by molar-refractivity contribution is 5.86. The Morgan fingerprint density at radius 1 is 1.03 bits per heavy atom. The number of para-hydroxylation sites is 1. The van der Waals surface area contributed by atoms with Gasteiger partial charge in [0, 0.05) is 24.6 Å². The fourth-order valence-electron chi connectivity index (χ4n) is 5.04. The molecule has 2 saturated heterocycles. The smallest absolute Gasteiger partial charge is 0.242 e. The molecule has 4 unspecified atom stereocenters. The van der Waals surface area contributed by atoms with Crippen LogP contribution in [0.25, 0.3) is 0 Å². The molecular formula is C27H37N3O4. The van der Waals surface area contributed by atoms with Crippen molar-refractivity contribution in [3.05, 3.63) is 59.7 Å². The number of rotatable bonds is 11. The van der Waals surface area contributed by atoms with E-state index in [1.807, 2.05) is 49.1 Å². The number of unbranched alkanes of at least 4 members (excludes halogenated alkanes) is 1. The Bertz CT molecular complexity index is 966. The largest absolute Gasteiger partial charge is 0.508 e. The number of hydrogen-bond acceptors (Lipinski definition) is 6. The lowest BCUT2D eigenvalue weighted by atomic mass is 9.83. The van der Waals surface area contributed by atoms with Gasteiger partial charge < -0.3 is 19.5 Å². The van der Waals surface area contributed by atoms with Crippen molar-refractivity contribution in [1.82, 2.24) is 15.8 Å². The highest BCUT2D eigenvalue weighted by Crippen LogP contribution is 2.48. The van der Waals surface area contributed by atoms with Crippen LogP contribution in [0.15, 0.2) is 48.5 Å². The topological polar surface area (TPSA) is 83.1 Å². The first-order valence-electron chi connectivity index (χ1n) is 12.4. The normalized spacial score (nSPS) is 24.1. The summed E-state index contributed by atoms with van der Waals surface area (Å²) in [5.74, 6) is 1.04. The lowest BCUT2D eigenvalue weighted by Gasteiger charge is -2.31. The van der Waals surface area contributed by atoms with E-state index in [-0.39, 0.29) is 41.8 Å². The van der Waals surface area contributed by atoms with Gasteiger partial charge in [-0.15, -0.1) is 0 Å². The summed E-state index contributed by atoms with van der Waals surface area (Å²) in [6.45, 7) is 8.08. The number of carbonyl (C=O) groups is 1. The minimum absolute atomic E-state index is 0.0715. The monoisotopic (exact) mass is 467 g/mol. The van der Waals surface area contributed by atoms with Crippen LogP contribution in [-0.2, 0) is 9.53 Å². The molecule has 0 aliphatic carbocycles. The summed E-state index contributed by atoms with van der Waals surface area (Å²) < 4.78 is 11.7. The second kappa shape index (κ2) is 11.2. The average molecular weight is 468 g/mol. The van der Waals surface area contributed by atoms with Gasteiger partial charge >= 0.3 is 0 Å². The zero-order chi connectivity index (χ0) is 24.1. The van der Waals surface area contributed by atoms with Crippen LogP contribution in [0.1, 0.15) is 63.2 Å². The zero-order valence-corrected chi connectivity index (χ0v) is 20.4. The summed E-state index contributed by atoms with van der Waals surface area (Å²) in [5, 5.41) is 10.6. The quantitative estimate of drug-likeness (QED) is 0.432. The fourth-order valence-corrected chi connectivity index (χ4v) is 5.04. The highest BCUT2D eigenvalue weighted by atomic mass is 16.5. The summed E-state index contributed by atoms with van der Waals surface area (Å²) in [4.78, 5) is 15.5.